The molecule has 1 aromatic carbocycles. The molecule has 0 aliphatic carbocycles. The predicted octanol–water partition coefficient (Wildman–Crippen LogP) is 1.71. The van der Waals surface area contributed by atoms with E-state index in [9.17, 15) is 9.59 Å². The Morgan fingerprint density at radius 2 is 1.81 bits per heavy atom. The van der Waals surface area contributed by atoms with Crippen LogP contribution in [0, 0.1) is 0 Å². The Labute approximate surface area is 201 Å². The van der Waals surface area contributed by atoms with Crippen LogP contribution in [0.3, 0.4) is 0 Å². The number of likely N-dealkylation sites (tertiary alicyclic amines) is 1. The summed E-state index contributed by atoms with van der Waals surface area (Å²) < 4.78 is 9.97. The number of hydrogen-bond donors (Lipinski definition) is 2. The summed E-state index contributed by atoms with van der Waals surface area (Å²) >= 11 is 0. The summed E-state index contributed by atoms with van der Waals surface area (Å²) in [5, 5.41) is 6.72. The molecule has 31 heavy (non-hydrogen) atoms. The van der Waals surface area contributed by atoms with Crippen LogP contribution in [0.5, 0.6) is 5.75 Å². The molecule has 1 fully saturated rings. The first-order chi connectivity index (χ1) is 14.4. The van der Waals surface area contributed by atoms with E-state index in [1.54, 1.807) is 26.1 Å². The van der Waals surface area contributed by atoms with Gasteiger partial charge in [-0.15, -0.1) is 24.0 Å². The van der Waals surface area contributed by atoms with E-state index < -0.39 is 0 Å². The molecular weight excluding hydrogens is 513 g/mol. The molecule has 0 spiro atoms. The number of methoxy groups -OCH3 is 2. The predicted molar refractivity (Wildman–Crippen MR) is 131 cm³/mol. The van der Waals surface area contributed by atoms with Gasteiger partial charge in [-0.2, -0.15) is 0 Å². The van der Waals surface area contributed by atoms with Gasteiger partial charge in [-0.1, -0.05) is 12.1 Å². The van der Waals surface area contributed by atoms with E-state index in [-0.39, 0.29) is 48.6 Å². The average Bonchev–Trinajstić information content (AvgIpc) is 2.77. The van der Waals surface area contributed by atoms with Gasteiger partial charge in [0.2, 0.25) is 5.91 Å². The van der Waals surface area contributed by atoms with Crippen molar-refractivity contribution in [2.75, 3.05) is 54.5 Å². The minimum absolute atomic E-state index is 0. The summed E-state index contributed by atoms with van der Waals surface area (Å²) in [6.07, 6.45) is 2.09. The van der Waals surface area contributed by atoms with Gasteiger partial charge in [0.25, 0.3) is 0 Å². The van der Waals surface area contributed by atoms with Crippen LogP contribution in [0.4, 0.5) is 4.79 Å². The maximum atomic E-state index is 11.9. The van der Waals surface area contributed by atoms with Crippen molar-refractivity contribution < 1.29 is 19.1 Å². The van der Waals surface area contributed by atoms with Crippen LogP contribution in [0.1, 0.15) is 18.4 Å². The van der Waals surface area contributed by atoms with E-state index in [1.807, 2.05) is 24.3 Å². The molecule has 0 unspecified atom stereocenters. The van der Waals surface area contributed by atoms with Gasteiger partial charge in [0.1, 0.15) is 12.3 Å². The van der Waals surface area contributed by atoms with Crippen LogP contribution in [-0.4, -0.2) is 88.3 Å². The number of halogens is 1. The topological polar surface area (TPSA) is 95.5 Å². The largest absolute Gasteiger partial charge is 0.497 e. The summed E-state index contributed by atoms with van der Waals surface area (Å²) in [5.41, 5.74) is 1.18. The number of hydrogen-bond acceptors (Lipinski definition) is 5. The zero-order valence-electron chi connectivity index (χ0n) is 18.7. The molecule has 1 heterocycles. The van der Waals surface area contributed by atoms with Gasteiger partial charge in [0.05, 0.1) is 14.2 Å². The van der Waals surface area contributed by atoms with Gasteiger partial charge >= 0.3 is 6.09 Å². The number of nitrogens with one attached hydrogen (secondary N) is 2. The Morgan fingerprint density at radius 1 is 1.16 bits per heavy atom. The number of nitrogens with zero attached hydrogens (tertiary/aromatic N) is 3. The van der Waals surface area contributed by atoms with E-state index in [1.165, 1.54) is 17.6 Å². The zero-order chi connectivity index (χ0) is 21.9. The number of likely N-dealkylation sites (N-methyl/N-ethyl adjacent to an activating group) is 1. The molecule has 2 rings (SSSR count). The molecule has 1 saturated heterocycles. The lowest BCUT2D eigenvalue weighted by Gasteiger charge is -2.32. The molecule has 0 radical (unpaired) electrons. The number of amides is 2. The third kappa shape index (κ3) is 9.19. The molecule has 2 N–H and O–H groups in total. The first-order valence-corrected chi connectivity index (χ1v) is 10.1. The molecule has 0 atom stereocenters. The molecule has 1 aromatic rings. The van der Waals surface area contributed by atoms with Crippen molar-refractivity contribution in [2.45, 2.75) is 25.3 Å². The molecule has 0 aromatic heterocycles. The Balaban J connectivity index is 0.00000480. The maximum absolute atomic E-state index is 11.9. The van der Waals surface area contributed by atoms with Crippen LogP contribution in [0.15, 0.2) is 29.3 Å². The second-order valence-electron chi connectivity index (χ2n) is 7.35. The Morgan fingerprint density at radius 3 is 2.35 bits per heavy atom. The number of guanidine groups is 1. The molecule has 0 bridgehead atoms. The fourth-order valence-electron chi connectivity index (χ4n) is 3.09. The normalized spacial score (nSPS) is 14.3. The van der Waals surface area contributed by atoms with Gasteiger partial charge < -0.3 is 29.9 Å². The molecule has 2 amide bonds. The number of piperidine rings is 1. The third-order valence-corrected chi connectivity index (χ3v) is 5.01. The highest BCUT2D eigenvalue weighted by molar-refractivity contribution is 14.0. The Kier molecular flexibility index (Phi) is 12.1. The quantitative estimate of drug-likeness (QED) is 0.307. The van der Waals surface area contributed by atoms with E-state index in [0.29, 0.717) is 25.6 Å². The SMILES string of the molecule is COC(=O)N1CCC(NC(=NCC(=O)N(C)C)NCCc2ccc(OC)cc2)CC1.I. The number of aliphatic imine (C=N–C) groups is 1. The van der Waals surface area contributed by atoms with Crippen LogP contribution in [0.25, 0.3) is 0 Å². The van der Waals surface area contributed by atoms with E-state index in [2.05, 4.69) is 15.6 Å². The van der Waals surface area contributed by atoms with Crippen molar-refractivity contribution in [2.24, 2.45) is 4.99 Å². The highest BCUT2D eigenvalue weighted by Crippen LogP contribution is 2.12. The lowest BCUT2D eigenvalue weighted by atomic mass is 10.1. The summed E-state index contributed by atoms with van der Waals surface area (Å²) in [6.45, 7) is 2.00. The molecule has 174 valence electrons. The molecule has 0 saturated carbocycles. The Bertz CT molecular complexity index is 719. The first-order valence-electron chi connectivity index (χ1n) is 10.1. The standard InChI is InChI=1S/C21H33N5O4.HI/c1-25(2)19(27)15-23-20(22-12-9-16-5-7-18(29-3)8-6-16)24-17-10-13-26(14-11-17)21(28)30-4;/h5-8,17H,9-15H2,1-4H3,(H2,22,23,24);1H. The summed E-state index contributed by atoms with van der Waals surface area (Å²) in [6, 6.07) is 8.11. The van der Waals surface area contributed by atoms with Crippen molar-refractivity contribution in [3.8, 4) is 5.75 Å². The van der Waals surface area contributed by atoms with Crippen LogP contribution in [-0.2, 0) is 16.0 Å². The molecule has 1 aliphatic heterocycles. The van der Waals surface area contributed by atoms with E-state index in [4.69, 9.17) is 9.47 Å². The molecule has 9 nitrogen and oxygen atoms in total. The Hall–Kier alpha value is -2.24. The smallest absolute Gasteiger partial charge is 0.409 e. The first kappa shape index (κ1) is 26.8. The van der Waals surface area contributed by atoms with Crippen molar-refractivity contribution in [3.63, 3.8) is 0 Å². The lowest BCUT2D eigenvalue weighted by Crippen LogP contribution is -2.50. The molecule has 1 aliphatic rings. The number of benzene rings is 1. The minimum Gasteiger partial charge on any atom is -0.497 e. The van der Waals surface area contributed by atoms with Gasteiger partial charge in [-0.3, -0.25) is 4.79 Å². The van der Waals surface area contributed by atoms with Crippen LogP contribution < -0.4 is 15.4 Å². The van der Waals surface area contributed by atoms with Gasteiger partial charge in [0.15, 0.2) is 5.96 Å². The monoisotopic (exact) mass is 547 g/mol. The van der Waals surface area contributed by atoms with Gasteiger partial charge in [-0.05, 0) is 37.0 Å². The number of carbonyl (C=O) groups excluding carboxylic acids is 2. The van der Waals surface area contributed by atoms with Crippen molar-refractivity contribution in [3.05, 3.63) is 29.8 Å². The molecular formula is C21H34IN5O4. The fraction of sp³-hybridized carbons (Fsp3) is 0.571. The van der Waals surface area contributed by atoms with Gasteiger partial charge in [0, 0.05) is 39.8 Å². The highest BCUT2D eigenvalue weighted by Gasteiger charge is 2.23. The summed E-state index contributed by atoms with van der Waals surface area (Å²) in [5.74, 6) is 1.37. The van der Waals surface area contributed by atoms with E-state index >= 15 is 0 Å². The van der Waals surface area contributed by atoms with Crippen LogP contribution >= 0.6 is 24.0 Å². The van der Waals surface area contributed by atoms with Crippen molar-refractivity contribution in [1.29, 1.82) is 0 Å². The third-order valence-electron chi connectivity index (χ3n) is 5.01. The van der Waals surface area contributed by atoms with E-state index in [0.717, 1.165) is 25.0 Å². The molecule has 10 heteroatoms. The second kappa shape index (κ2) is 13.9. The van der Waals surface area contributed by atoms with Crippen LogP contribution in [0.2, 0.25) is 0 Å². The maximum Gasteiger partial charge on any atom is 0.409 e. The fourth-order valence-corrected chi connectivity index (χ4v) is 3.09. The zero-order valence-corrected chi connectivity index (χ0v) is 21.0. The number of carbonyl (C=O) groups is 2. The van der Waals surface area contributed by atoms with Crippen molar-refractivity contribution >= 4 is 41.9 Å². The summed E-state index contributed by atoms with van der Waals surface area (Å²) in [7, 11) is 6.47. The lowest BCUT2D eigenvalue weighted by molar-refractivity contribution is -0.127. The summed E-state index contributed by atoms with van der Waals surface area (Å²) in [4.78, 5) is 31.3. The van der Waals surface area contributed by atoms with Crippen molar-refractivity contribution in [1.82, 2.24) is 20.4 Å². The number of rotatable bonds is 7. The number of ether oxygens (including phenoxy) is 2. The highest BCUT2D eigenvalue weighted by atomic mass is 127. The average molecular weight is 547 g/mol. The van der Waals surface area contributed by atoms with Gasteiger partial charge in [-0.25, -0.2) is 9.79 Å². The minimum atomic E-state index is -0.295. The second-order valence-corrected chi connectivity index (χ2v) is 7.35.